The minimum atomic E-state index is 0.603. The van der Waals surface area contributed by atoms with Gasteiger partial charge in [-0.2, -0.15) is 0 Å². The Morgan fingerprint density at radius 1 is 1.17 bits per heavy atom. The number of hydrogen-bond donors (Lipinski definition) is 1. The van der Waals surface area contributed by atoms with Crippen molar-refractivity contribution in [3.8, 4) is 11.5 Å². The third-order valence-corrected chi connectivity index (χ3v) is 2.51. The van der Waals surface area contributed by atoms with Crippen molar-refractivity contribution in [3.05, 3.63) is 42.5 Å². The molecular weight excluding hydrogens is 230 g/mol. The summed E-state index contributed by atoms with van der Waals surface area (Å²) in [4.78, 5) is 8.02. The molecule has 0 atom stereocenters. The van der Waals surface area contributed by atoms with E-state index in [0.717, 1.165) is 22.9 Å². The molecule has 0 unspecified atom stereocenters. The highest BCUT2D eigenvalue weighted by molar-refractivity contribution is 5.59. The molecule has 0 spiro atoms. The molecule has 1 aromatic heterocycles. The summed E-state index contributed by atoms with van der Waals surface area (Å²) in [6.07, 6.45) is 3.24. The van der Waals surface area contributed by atoms with Crippen LogP contribution in [0.3, 0.4) is 0 Å². The van der Waals surface area contributed by atoms with Crippen molar-refractivity contribution in [1.29, 1.82) is 0 Å². The molecule has 0 aliphatic rings. The van der Waals surface area contributed by atoms with Crippen LogP contribution in [-0.4, -0.2) is 24.2 Å². The number of ether oxygens (including phenoxy) is 2. The molecule has 1 heterocycles. The van der Waals surface area contributed by atoms with Crippen molar-refractivity contribution in [2.75, 3.05) is 19.5 Å². The Kier molecular flexibility index (Phi) is 3.96. The number of benzene rings is 1. The van der Waals surface area contributed by atoms with Crippen LogP contribution in [-0.2, 0) is 6.54 Å². The first-order valence-corrected chi connectivity index (χ1v) is 5.54. The molecule has 0 saturated heterocycles. The zero-order valence-electron chi connectivity index (χ0n) is 10.4. The van der Waals surface area contributed by atoms with Gasteiger partial charge in [0.2, 0.25) is 0 Å². The number of anilines is 1. The van der Waals surface area contributed by atoms with Crippen LogP contribution in [0.15, 0.2) is 36.8 Å². The smallest absolute Gasteiger partial charge is 0.142 e. The lowest BCUT2D eigenvalue weighted by Crippen LogP contribution is -2.03. The topological polar surface area (TPSA) is 56.3 Å². The molecule has 0 radical (unpaired) electrons. The van der Waals surface area contributed by atoms with Gasteiger partial charge in [0.05, 0.1) is 32.1 Å². The first kappa shape index (κ1) is 12.2. The van der Waals surface area contributed by atoms with E-state index in [1.54, 1.807) is 20.4 Å². The van der Waals surface area contributed by atoms with Crippen molar-refractivity contribution in [2.45, 2.75) is 6.54 Å². The zero-order valence-corrected chi connectivity index (χ0v) is 10.4. The number of methoxy groups -OCH3 is 2. The van der Waals surface area contributed by atoms with Gasteiger partial charge >= 0.3 is 0 Å². The lowest BCUT2D eigenvalue weighted by Gasteiger charge is -2.12. The van der Waals surface area contributed by atoms with Gasteiger partial charge < -0.3 is 14.8 Å². The predicted octanol–water partition coefficient (Wildman–Crippen LogP) is 2.11. The fourth-order valence-electron chi connectivity index (χ4n) is 1.56. The Balaban J connectivity index is 2.12. The molecule has 0 fully saturated rings. The van der Waals surface area contributed by atoms with Crippen molar-refractivity contribution in [3.63, 3.8) is 0 Å². The lowest BCUT2D eigenvalue weighted by molar-refractivity contribution is 0.404. The van der Waals surface area contributed by atoms with Crippen LogP contribution in [0.5, 0.6) is 11.5 Å². The summed E-state index contributed by atoms with van der Waals surface area (Å²) < 4.78 is 10.5. The average Bonchev–Trinajstić information content (AvgIpc) is 2.45. The minimum Gasteiger partial charge on any atom is -0.497 e. The molecule has 5 nitrogen and oxygen atoms in total. The summed E-state index contributed by atoms with van der Waals surface area (Å²) in [6, 6.07) is 7.47. The molecule has 0 bridgehead atoms. The molecule has 0 aliphatic carbocycles. The predicted molar refractivity (Wildman–Crippen MR) is 68.9 cm³/mol. The van der Waals surface area contributed by atoms with Crippen molar-refractivity contribution < 1.29 is 9.47 Å². The van der Waals surface area contributed by atoms with Crippen molar-refractivity contribution in [1.82, 2.24) is 9.97 Å². The molecule has 18 heavy (non-hydrogen) atoms. The average molecular weight is 245 g/mol. The van der Waals surface area contributed by atoms with Gasteiger partial charge in [-0.15, -0.1) is 0 Å². The molecule has 0 aliphatic heterocycles. The van der Waals surface area contributed by atoms with E-state index in [2.05, 4.69) is 15.3 Å². The molecule has 0 saturated carbocycles. The van der Waals surface area contributed by atoms with E-state index >= 15 is 0 Å². The number of aromatic nitrogens is 2. The number of nitrogens with zero attached hydrogens (tertiary/aromatic N) is 2. The Bertz CT molecular complexity index is 503. The lowest BCUT2D eigenvalue weighted by atomic mass is 10.2. The van der Waals surface area contributed by atoms with Crippen LogP contribution < -0.4 is 14.8 Å². The second-order valence-corrected chi connectivity index (χ2v) is 3.62. The summed E-state index contributed by atoms with van der Waals surface area (Å²) in [5.41, 5.74) is 1.78. The maximum Gasteiger partial charge on any atom is 0.142 e. The Morgan fingerprint density at radius 2 is 2.06 bits per heavy atom. The van der Waals surface area contributed by atoms with Gasteiger partial charge in [0.1, 0.15) is 17.8 Å². The van der Waals surface area contributed by atoms with E-state index in [0.29, 0.717) is 6.54 Å². The molecule has 5 heteroatoms. The van der Waals surface area contributed by atoms with Gasteiger partial charge in [-0.3, -0.25) is 0 Å². The zero-order chi connectivity index (χ0) is 12.8. The molecule has 2 rings (SSSR count). The highest BCUT2D eigenvalue weighted by Crippen LogP contribution is 2.29. The molecule has 0 amide bonds. The van der Waals surface area contributed by atoms with Crippen molar-refractivity contribution in [2.24, 2.45) is 0 Å². The SMILES string of the molecule is COc1ccc(OC)c(NCc2ccncn2)c1. The molecular formula is C13H15N3O2. The molecule has 1 aromatic carbocycles. The summed E-state index contributed by atoms with van der Waals surface area (Å²) in [5, 5.41) is 3.26. The maximum atomic E-state index is 5.28. The monoisotopic (exact) mass is 245 g/mol. The Morgan fingerprint density at radius 3 is 2.72 bits per heavy atom. The van der Waals surface area contributed by atoms with Crippen molar-refractivity contribution >= 4 is 5.69 Å². The largest absolute Gasteiger partial charge is 0.497 e. The van der Waals surface area contributed by atoms with E-state index in [9.17, 15) is 0 Å². The van der Waals surface area contributed by atoms with Crippen LogP contribution in [0.2, 0.25) is 0 Å². The van der Waals surface area contributed by atoms with Crippen LogP contribution in [0.1, 0.15) is 5.69 Å². The second-order valence-electron chi connectivity index (χ2n) is 3.62. The molecule has 94 valence electrons. The highest BCUT2D eigenvalue weighted by Gasteiger charge is 2.04. The van der Waals surface area contributed by atoms with Gasteiger partial charge in [0.25, 0.3) is 0 Å². The Hall–Kier alpha value is -2.30. The third kappa shape index (κ3) is 2.88. The van der Waals surface area contributed by atoms with Crippen LogP contribution in [0.25, 0.3) is 0 Å². The summed E-state index contributed by atoms with van der Waals surface area (Å²) in [7, 11) is 3.27. The maximum absolute atomic E-state index is 5.28. The normalized spacial score (nSPS) is 9.89. The van der Waals surface area contributed by atoms with E-state index in [1.807, 2.05) is 24.3 Å². The van der Waals surface area contributed by atoms with E-state index < -0.39 is 0 Å². The van der Waals surface area contributed by atoms with Crippen LogP contribution in [0, 0.1) is 0 Å². The third-order valence-electron chi connectivity index (χ3n) is 2.51. The van der Waals surface area contributed by atoms with Crippen LogP contribution >= 0.6 is 0 Å². The summed E-state index contributed by atoms with van der Waals surface area (Å²) >= 11 is 0. The molecule has 2 aromatic rings. The minimum absolute atomic E-state index is 0.603. The summed E-state index contributed by atoms with van der Waals surface area (Å²) in [5.74, 6) is 1.55. The summed E-state index contributed by atoms with van der Waals surface area (Å²) in [6.45, 7) is 0.603. The quantitative estimate of drug-likeness (QED) is 0.874. The van der Waals surface area contributed by atoms with Gasteiger partial charge in [0, 0.05) is 12.3 Å². The highest BCUT2D eigenvalue weighted by atomic mass is 16.5. The van der Waals surface area contributed by atoms with Crippen LogP contribution in [0.4, 0.5) is 5.69 Å². The first-order chi connectivity index (χ1) is 8.83. The second kappa shape index (κ2) is 5.86. The molecule has 1 N–H and O–H groups in total. The standard InChI is InChI=1S/C13H15N3O2/c1-17-11-3-4-13(18-2)12(7-11)15-8-10-5-6-14-9-16-10/h3-7,9,15H,8H2,1-2H3. The number of nitrogens with one attached hydrogen (secondary N) is 1. The van der Waals surface area contributed by atoms with Gasteiger partial charge in [-0.1, -0.05) is 0 Å². The van der Waals surface area contributed by atoms with Gasteiger partial charge in [0.15, 0.2) is 0 Å². The van der Waals surface area contributed by atoms with E-state index in [1.165, 1.54) is 6.33 Å². The number of rotatable bonds is 5. The van der Waals surface area contributed by atoms with E-state index in [4.69, 9.17) is 9.47 Å². The fourth-order valence-corrected chi connectivity index (χ4v) is 1.56. The first-order valence-electron chi connectivity index (χ1n) is 5.54. The fraction of sp³-hybridized carbons (Fsp3) is 0.231. The van der Waals surface area contributed by atoms with Gasteiger partial charge in [-0.25, -0.2) is 9.97 Å². The van der Waals surface area contributed by atoms with Gasteiger partial charge in [-0.05, 0) is 18.2 Å². The van der Waals surface area contributed by atoms with E-state index in [-0.39, 0.29) is 0 Å². The number of hydrogen-bond acceptors (Lipinski definition) is 5. The Labute approximate surface area is 106 Å².